The van der Waals surface area contributed by atoms with Gasteiger partial charge in [0.1, 0.15) is 6.54 Å². The van der Waals surface area contributed by atoms with E-state index in [-0.39, 0.29) is 31.2 Å². The third kappa shape index (κ3) is 4.83. The average molecular weight is 507 g/mol. The van der Waals surface area contributed by atoms with E-state index < -0.39 is 0 Å². The summed E-state index contributed by atoms with van der Waals surface area (Å²) in [6, 6.07) is 15.3. The molecule has 0 fully saturated rings. The number of methoxy groups -OCH3 is 1. The van der Waals surface area contributed by atoms with Crippen LogP contribution in [-0.4, -0.2) is 61.8 Å². The Labute approximate surface area is 215 Å². The maximum atomic E-state index is 13.9. The Morgan fingerprint density at radius 3 is 2.78 bits per heavy atom. The van der Waals surface area contributed by atoms with Gasteiger partial charge in [-0.3, -0.25) is 9.59 Å². The summed E-state index contributed by atoms with van der Waals surface area (Å²) in [6.45, 7) is 3.77. The van der Waals surface area contributed by atoms with Crippen LogP contribution in [0.15, 0.2) is 53.9 Å². The standard InChI is InChI=1S/C28H30N2O5S/c1-19-6-3-4-7-21(19)27-22-11-15-36-25(22)10-13-30(27)26(31)17-29(12-5-14-33-2)28(32)20-8-9-23-24(16-20)35-18-34-23/h3-4,6-9,11,15-16,27H,5,10,12-14,17-18H2,1-2H3. The van der Waals surface area contributed by atoms with E-state index in [1.807, 2.05) is 17.0 Å². The summed E-state index contributed by atoms with van der Waals surface area (Å²) >= 11 is 1.74. The zero-order chi connectivity index (χ0) is 25.1. The fraction of sp³-hybridized carbons (Fsp3) is 0.357. The lowest BCUT2D eigenvalue weighted by atomic mass is 9.90. The van der Waals surface area contributed by atoms with Crippen LogP contribution >= 0.6 is 11.3 Å². The van der Waals surface area contributed by atoms with Crippen LogP contribution in [0.4, 0.5) is 0 Å². The molecule has 3 heterocycles. The topological polar surface area (TPSA) is 68.3 Å². The highest BCUT2D eigenvalue weighted by atomic mass is 32.1. The molecule has 2 aliphatic rings. The molecule has 3 aromatic rings. The molecular weight excluding hydrogens is 476 g/mol. The summed E-state index contributed by atoms with van der Waals surface area (Å²) in [5.74, 6) is 0.893. The van der Waals surface area contributed by atoms with Gasteiger partial charge in [0, 0.05) is 37.2 Å². The number of thiophene rings is 1. The Hall–Kier alpha value is -3.36. The summed E-state index contributed by atoms with van der Waals surface area (Å²) in [5, 5.41) is 2.10. The number of ether oxygens (including phenoxy) is 3. The van der Waals surface area contributed by atoms with E-state index in [2.05, 4.69) is 30.5 Å². The summed E-state index contributed by atoms with van der Waals surface area (Å²) in [7, 11) is 1.63. The van der Waals surface area contributed by atoms with Gasteiger partial charge in [-0.1, -0.05) is 24.3 Å². The first-order valence-electron chi connectivity index (χ1n) is 12.2. The van der Waals surface area contributed by atoms with Crippen molar-refractivity contribution in [3.63, 3.8) is 0 Å². The van der Waals surface area contributed by atoms with Gasteiger partial charge >= 0.3 is 0 Å². The van der Waals surface area contributed by atoms with Crippen molar-refractivity contribution in [2.24, 2.45) is 0 Å². The minimum absolute atomic E-state index is 0.00115. The van der Waals surface area contributed by atoms with Gasteiger partial charge in [-0.2, -0.15) is 0 Å². The molecule has 8 heteroatoms. The van der Waals surface area contributed by atoms with Gasteiger partial charge in [0.2, 0.25) is 12.7 Å². The maximum absolute atomic E-state index is 13.9. The number of fused-ring (bicyclic) bond motifs is 2. The number of amides is 2. The fourth-order valence-electron chi connectivity index (χ4n) is 4.93. The predicted molar refractivity (Wildman–Crippen MR) is 138 cm³/mol. The van der Waals surface area contributed by atoms with Crippen LogP contribution < -0.4 is 9.47 Å². The molecule has 0 N–H and O–H groups in total. The highest BCUT2D eigenvalue weighted by Crippen LogP contribution is 2.39. The van der Waals surface area contributed by atoms with E-state index >= 15 is 0 Å². The number of carbonyl (C=O) groups excluding carboxylic acids is 2. The lowest BCUT2D eigenvalue weighted by Crippen LogP contribution is -2.47. The van der Waals surface area contributed by atoms with Crippen LogP contribution in [0.3, 0.4) is 0 Å². The molecule has 0 aliphatic carbocycles. The van der Waals surface area contributed by atoms with Crippen LogP contribution in [0.25, 0.3) is 0 Å². The largest absolute Gasteiger partial charge is 0.454 e. The van der Waals surface area contributed by atoms with Crippen molar-refractivity contribution in [2.75, 3.05) is 40.1 Å². The van der Waals surface area contributed by atoms with E-state index in [0.29, 0.717) is 43.2 Å². The zero-order valence-electron chi connectivity index (χ0n) is 20.6. The Morgan fingerprint density at radius 2 is 1.94 bits per heavy atom. The highest BCUT2D eigenvalue weighted by molar-refractivity contribution is 7.10. The van der Waals surface area contributed by atoms with Crippen molar-refractivity contribution in [3.8, 4) is 11.5 Å². The number of benzene rings is 2. The molecule has 0 spiro atoms. The molecule has 7 nitrogen and oxygen atoms in total. The van der Waals surface area contributed by atoms with Gasteiger partial charge in [0.15, 0.2) is 11.5 Å². The summed E-state index contributed by atoms with van der Waals surface area (Å²) in [4.78, 5) is 32.3. The van der Waals surface area contributed by atoms with Crippen molar-refractivity contribution in [3.05, 3.63) is 81.0 Å². The fourth-order valence-corrected chi connectivity index (χ4v) is 5.84. The van der Waals surface area contributed by atoms with E-state index in [1.165, 1.54) is 10.4 Å². The Bertz CT molecular complexity index is 1260. The first kappa shape index (κ1) is 24.3. The number of hydrogen-bond acceptors (Lipinski definition) is 6. The maximum Gasteiger partial charge on any atom is 0.254 e. The van der Waals surface area contributed by atoms with E-state index in [1.54, 1.807) is 41.5 Å². The summed E-state index contributed by atoms with van der Waals surface area (Å²) in [6.07, 6.45) is 1.46. The minimum Gasteiger partial charge on any atom is -0.454 e. The number of rotatable bonds is 8. The van der Waals surface area contributed by atoms with E-state index in [9.17, 15) is 9.59 Å². The molecule has 0 saturated heterocycles. The average Bonchev–Trinajstić information content (AvgIpc) is 3.56. The molecule has 1 unspecified atom stereocenters. The summed E-state index contributed by atoms with van der Waals surface area (Å²) in [5.41, 5.74) is 3.92. The molecule has 2 amide bonds. The van der Waals surface area contributed by atoms with Gasteiger partial charge in [-0.05, 0) is 66.1 Å². The second-order valence-corrected chi connectivity index (χ2v) is 10.0. The van der Waals surface area contributed by atoms with Crippen LogP contribution in [0.5, 0.6) is 11.5 Å². The molecule has 2 aromatic carbocycles. The molecule has 2 aliphatic heterocycles. The van der Waals surface area contributed by atoms with E-state index in [4.69, 9.17) is 14.2 Å². The third-order valence-corrected chi connectivity index (χ3v) is 7.78. The van der Waals surface area contributed by atoms with E-state index in [0.717, 1.165) is 17.5 Å². The molecule has 5 rings (SSSR count). The van der Waals surface area contributed by atoms with Crippen LogP contribution in [-0.2, 0) is 16.0 Å². The van der Waals surface area contributed by atoms with Crippen LogP contribution in [0.1, 0.15) is 44.4 Å². The highest BCUT2D eigenvalue weighted by Gasteiger charge is 2.34. The van der Waals surface area contributed by atoms with Crippen molar-refractivity contribution < 1.29 is 23.8 Å². The summed E-state index contributed by atoms with van der Waals surface area (Å²) < 4.78 is 16.0. The molecule has 1 atom stereocenters. The molecule has 0 radical (unpaired) electrons. The van der Waals surface area contributed by atoms with Crippen molar-refractivity contribution in [2.45, 2.75) is 25.8 Å². The monoisotopic (exact) mass is 506 g/mol. The first-order valence-corrected chi connectivity index (χ1v) is 13.0. The molecular formula is C28H30N2O5S. The number of aryl methyl sites for hydroxylation is 1. The molecule has 0 bridgehead atoms. The first-order chi connectivity index (χ1) is 17.6. The smallest absolute Gasteiger partial charge is 0.254 e. The minimum atomic E-state index is -0.210. The number of carbonyl (C=O) groups is 2. The van der Waals surface area contributed by atoms with Crippen LogP contribution in [0, 0.1) is 6.92 Å². The van der Waals surface area contributed by atoms with Gasteiger partial charge in [-0.25, -0.2) is 0 Å². The molecule has 1 aromatic heterocycles. The molecule has 36 heavy (non-hydrogen) atoms. The van der Waals surface area contributed by atoms with Gasteiger partial charge in [0.05, 0.1) is 6.04 Å². The normalized spacial score (nSPS) is 16.1. The Balaban J connectivity index is 1.41. The number of nitrogens with zero attached hydrogens (tertiary/aromatic N) is 2. The van der Waals surface area contributed by atoms with Crippen molar-refractivity contribution in [1.29, 1.82) is 0 Å². The molecule has 0 saturated carbocycles. The SMILES string of the molecule is COCCCN(CC(=O)N1CCc2sccc2C1c1ccccc1C)C(=O)c1ccc2c(c1)OCO2. The predicted octanol–water partition coefficient (Wildman–Crippen LogP) is 4.44. The quantitative estimate of drug-likeness (QED) is 0.423. The van der Waals surface area contributed by atoms with Crippen LogP contribution in [0.2, 0.25) is 0 Å². The van der Waals surface area contributed by atoms with Gasteiger partial charge in [0.25, 0.3) is 5.91 Å². The second-order valence-electron chi connectivity index (χ2n) is 9.04. The Kier molecular flexibility index (Phi) is 7.25. The lowest BCUT2D eigenvalue weighted by molar-refractivity contribution is -0.134. The Morgan fingerprint density at radius 1 is 1.11 bits per heavy atom. The number of hydrogen-bond donors (Lipinski definition) is 0. The second kappa shape index (κ2) is 10.7. The van der Waals surface area contributed by atoms with Crippen molar-refractivity contribution >= 4 is 23.2 Å². The molecule has 188 valence electrons. The lowest BCUT2D eigenvalue weighted by Gasteiger charge is -2.38. The van der Waals surface area contributed by atoms with Crippen molar-refractivity contribution in [1.82, 2.24) is 9.80 Å². The zero-order valence-corrected chi connectivity index (χ0v) is 21.4. The van der Waals surface area contributed by atoms with Gasteiger partial charge < -0.3 is 24.0 Å². The third-order valence-electron chi connectivity index (χ3n) is 6.78. The van der Waals surface area contributed by atoms with Gasteiger partial charge in [-0.15, -0.1) is 11.3 Å².